The van der Waals surface area contributed by atoms with Crippen LogP contribution >= 0.6 is 0 Å². The first kappa shape index (κ1) is 24.0. The summed E-state index contributed by atoms with van der Waals surface area (Å²) >= 11 is 0. The van der Waals surface area contributed by atoms with Crippen LogP contribution in [0.4, 0.5) is 4.79 Å². The van der Waals surface area contributed by atoms with Crippen molar-refractivity contribution in [1.29, 1.82) is 0 Å². The number of rotatable bonds is 8. The summed E-state index contributed by atoms with van der Waals surface area (Å²) in [7, 11) is 0. The summed E-state index contributed by atoms with van der Waals surface area (Å²) in [6.07, 6.45) is 1.29. The van der Waals surface area contributed by atoms with Crippen molar-refractivity contribution in [1.82, 2.24) is 5.32 Å². The largest absolute Gasteiger partial charge is 0.445 e. The summed E-state index contributed by atoms with van der Waals surface area (Å²) in [4.78, 5) is 37.5. The molecule has 0 unspecified atom stereocenters. The van der Waals surface area contributed by atoms with Gasteiger partial charge in [-0.1, -0.05) is 50.1 Å². The third-order valence-corrected chi connectivity index (χ3v) is 5.50. The Labute approximate surface area is 192 Å². The first-order valence-electron chi connectivity index (χ1n) is 11.0. The molecule has 33 heavy (non-hydrogen) atoms. The number of benzene rings is 2. The summed E-state index contributed by atoms with van der Waals surface area (Å²) in [5.74, 6) is -0.310. The highest BCUT2D eigenvalue weighted by Crippen LogP contribution is 2.31. The summed E-state index contributed by atoms with van der Waals surface area (Å²) in [6.45, 7) is 7.37. The van der Waals surface area contributed by atoms with Crippen LogP contribution in [0.3, 0.4) is 0 Å². The standard InChI is InChI=1S/C26H29NO6/c1-5-6-12-20(27-26(30)31-15-19-10-8-7-9-11-19)25(29)33-22-14-16(2)13-21-23(22)17(3)18(4)24(28)32-21/h7-11,13-14,20H,5-6,12,15H2,1-4H3,(H,27,30)/t20-/m0/s1. The molecule has 3 aromatic rings. The van der Waals surface area contributed by atoms with Gasteiger partial charge in [0.2, 0.25) is 0 Å². The predicted octanol–water partition coefficient (Wildman–Crippen LogP) is 5.11. The third kappa shape index (κ3) is 6.00. The number of carbonyl (C=O) groups is 2. The Balaban J connectivity index is 1.80. The summed E-state index contributed by atoms with van der Waals surface area (Å²) in [5.41, 5.74) is 2.69. The maximum atomic E-state index is 13.1. The molecule has 1 heterocycles. The molecular weight excluding hydrogens is 422 g/mol. The third-order valence-electron chi connectivity index (χ3n) is 5.50. The van der Waals surface area contributed by atoms with Gasteiger partial charge in [-0.05, 0) is 56.0 Å². The maximum Gasteiger partial charge on any atom is 0.408 e. The van der Waals surface area contributed by atoms with Crippen molar-refractivity contribution in [2.75, 3.05) is 0 Å². The van der Waals surface area contributed by atoms with E-state index >= 15 is 0 Å². The summed E-state index contributed by atoms with van der Waals surface area (Å²) < 4.78 is 16.4. The zero-order chi connectivity index (χ0) is 24.0. The van der Waals surface area contributed by atoms with Crippen molar-refractivity contribution in [2.45, 2.75) is 59.6 Å². The SMILES string of the molecule is CCCC[C@H](NC(=O)OCc1ccccc1)C(=O)Oc1cc(C)cc2oc(=O)c(C)c(C)c12. The molecule has 7 heteroatoms. The molecule has 0 saturated heterocycles. The minimum Gasteiger partial charge on any atom is -0.445 e. The van der Waals surface area contributed by atoms with Crippen LogP contribution in [0.25, 0.3) is 11.0 Å². The number of alkyl carbamates (subject to hydrolysis) is 1. The number of esters is 1. The molecule has 174 valence electrons. The molecule has 0 radical (unpaired) electrons. The van der Waals surface area contributed by atoms with Crippen molar-refractivity contribution in [3.8, 4) is 5.75 Å². The number of ether oxygens (including phenoxy) is 2. The first-order valence-corrected chi connectivity index (χ1v) is 11.0. The van der Waals surface area contributed by atoms with Gasteiger partial charge in [0.05, 0.1) is 5.39 Å². The van der Waals surface area contributed by atoms with Crippen LogP contribution in [0, 0.1) is 20.8 Å². The Hall–Kier alpha value is -3.61. The minimum absolute atomic E-state index is 0.0994. The van der Waals surface area contributed by atoms with Crippen LogP contribution < -0.4 is 15.7 Å². The second-order valence-electron chi connectivity index (χ2n) is 8.10. The van der Waals surface area contributed by atoms with Crippen molar-refractivity contribution in [3.63, 3.8) is 0 Å². The van der Waals surface area contributed by atoms with E-state index in [9.17, 15) is 14.4 Å². The number of hydrogen-bond donors (Lipinski definition) is 1. The van der Waals surface area contributed by atoms with Crippen molar-refractivity contribution in [3.05, 3.63) is 75.1 Å². The predicted molar refractivity (Wildman–Crippen MR) is 125 cm³/mol. The molecule has 1 amide bonds. The molecule has 0 saturated carbocycles. The van der Waals surface area contributed by atoms with Gasteiger partial charge in [-0.25, -0.2) is 14.4 Å². The lowest BCUT2D eigenvalue weighted by Gasteiger charge is -2.18. The Morgan fingerprint density at radius 3 is 2.48 bits per heavy atom. The number of carbonyl (C=O) groups excluding carboxylic acids is 2. The fourth-order valence-electron chi connectivity index (χ4n) is 3.51. The molecule has 1 aromatic heterocycles. The highest BCUT2D eigenvalue weighted by molar-refractivity contribution is 5.92. The van der Waals surface area contributed by atoms with Gasteiger partial charge in [0.1, 0.15) is 24.0 Å². The lowest BCUT2D eigenvalue weighted by Crippen LogP contribution is -2.43. The minimum atomic E-state index is -0.874. The smallest absolute Gasteiger partial charge is 0.408 e. The molecule has 2 aromatic carbocycles. The van der Waals surface area contributed by atoms with Crippen LogP contribution in [0.2, 0.25) is 0 Å². The quantitative estimate of drug-likeness (QED) is 0.291. The van der Waals surface area contributed by atoms with Crippen molar-refractivity contribution in [2.24, 2.45) is 0 Å². The lowest BCUT2D eigenvalue weighted by molar-refractivity contribution is -0.136. The van der Waals surface area contributed by atoms with Crippen molar-refractivity contribution < 1.29 is 23.5 Å². The Morgan fingerprint density at radius 2 is 1.79 bits per heavy atom. The van der Waals surface area contributed by atoms with Gasteiger partial charge in [-0.2, -0.15) is 0 Å². The number of hydrogen-bond acceptors (Lipinski definition) is 6. The van der Waals surface area contributed by atoms with E-state index < -0.39 is 23.7 Å². The molecule has 1 N–H and O–H groups in total. The van der Waals surface area contributed by atoms with Crippen LogP contribution in [-0.4, -0.2) is 18.1 Å². The lowest BCUT2D eigenvalue weighted by atomic mass is 10.0. The molecule has 0 bridgehead atoms. The van der Waals surface area contributed by atoms with Gasteiger partial charge in [0.15, 0.2) is 0 Å². The van der Waals surface area contributed by atoms with E-state index in [1.807, 2.05) is 44.2 Å². The average Bonchev–Trinajstić information content (AvgIpc) is 2.79. The zero-order valence-corrected chi connectivity index (χ0v) is 19.4. The van der Waals surface area contributed by atoms with Gasteiger partial charge in [0, 0.05) is 5.56 Å². The molecule has 0 aliphatic heterocycles. The van der Waals surface area contributed by atoms with Crippen LogP contribution in [0.5, 0.6) is 5.75 Å². The summed E-state index contributed by atoms with van der Waals surface area (Å²) in [6, 6.07) is 11.9. The highest BCUT2D eigenvalue weighted by Gasteiger charge is 2.25. The fraction of sp³-hybridized carbons (Fsp3) is 0.346. The summed E-state index contributed by atoms with van der Waals surface area (Å²) in [5, 5.41) is 3.19. The Kier molecular flexibility index (Phi) is 7.87. The normalized spacial score (nSPS) is 11.8. The Morgan fingerprint density at radius 1 is 1.06 bits per heavy atom. The number of amides is 1. The van der Waals surface area contributed by atoms with E-state index in [0.29, 0.717) is 34.3 Å². The molecule has 7 nitrogen and oxygen atoms in total. The second-order valence-corrected chi connectivity index (χ2v) is 8.10. The van der Waals surface area contributed by atoms with E-state index in [1.54, 1.807) is 26.0 Å². The van der Waals surface area contributed by atoms with E-state index in [0.717, 1.165) is 24.0 Å². The molecule has 3 rings (SSSR count). The Bertz CT molecular complexity index is 1200. The van der Waals surface area contributed by atoms with Gasteiger partial charge in [0.25, 0.3) is 0 Å². The van der Waals surface area contributed by atoms with E-state index in [1.165, 1.54) is 0 Å². The van der Waals surface area contributed by atoms with Crippen LogP contribution in [0.1, 0.15) is 48.4 Å². The van der Waals surface area contributed by atoms with Gasteiger partial charge >= 0.3 is 17.7 Å². The topological polar surface area (TPSA) is 94.8 Å². The van der Waals surface area contributed by atoms with Crippen molar-refractivity contribution >= 4 is 23.0 Å². The second kappa shape index (κ2) is 10.8. The fourth-order valence-corrected chi connectivity index (χ4v) is 3.51. The number of nitrogens with one attached hydrogen (secondary N) is 1. The number of fused-ring (bicyclic) bond motifs is 1. The molecule has 0 aliphatic rings. The molecule has 0 fully saturated rings. The average molecular weight is 452 g/mol. The number of aryl methyl sites for hydroxylation is 2. The van der Waals surface area contributed by atoms with Gasteiger partial charge < -0.3 is 19.2 Å². The van der Waals surface area contributed by atoms with Crippen LogP contribution in [-0.2, 0) is 16.1 Å². The first-order chi connectivity index (χ1) is 15.8. The van der Waals surface area contributed by atoms with E-state index in [2.05, 4.69) is 5.32 Å². The zero-order valence-electron chi connectivity index (χ0n) is 19.4. The molecular formula is C26H29NO6. The molecule has 0 aliphatic carbocycles. The van der Waals surface area contributed by atoms with E-state index in [-0.39, 0.29) is 6.61 Å². The van der Waals surface area contributed by atoms with Gasteiger partial charge in [-0.15, -0.1) is 0 Å². The molecule has 0 spiro atoms. The number of unbranched alkanes of at least 4 members (excludes halogenated alkanes) is 1. The maximum absolute atomic E-state index is 13.1. The van der Waals surface area contributed by atoms with E-state index in [4.69, 9.17) is 13.9 Å². The monoisotopic (exact) mass is 451 g/mol. The molecule has 1 atom stereocenters. The van der Waals surface area contributed by atoms with Crippen LogP contribution in [0.15, 0.2) is 51.7 Å². The van der Waals surface area contributed by atoms with Gasteiger partial charge in [-0.3, -0.25) is 0 Å². The highest BCUT2D eigenvalue weighted by atomic mass is 16.6.